The summed E-state index contributed by atoms with van der Waals surface area (Å²) in [6.07, 6.45) is 5.27. The van der Waals surface area contributed by atoms with Crippen molar-refractivity contribution in [2.24, 2.45) is 5.92 Å². The van der Waals surface area contributed by atoms with Crippen molar-refractivity contribution in [1.29, 1.82) is 0 Å². The Kier molecular flexibility index (Phi) is 14.8. The molecule has 0 bridgehead atoms. The molecule has 0 aromatic carbocycles. The third-order valence-electron chi connectivity index (χ3n) is 3.65. The molecule has 0 spiro atoms. The zero-order chi connectivity index (χ0) is 17.1. The van der Waals surface area contributed by atoms with Gasteiger partial charge in [0.15, 0.2) is 0 Å². The van der Waals surface area contributed by atoms with Crippen LogP contribution >= 0.6 is 0 Å². The van der Waals surface area contributed by atoms with Crippen LogP contribution in [0.4, 0.5) is 4.79 Å². The maximum absolute atomic E-state index is 11.6. The molecule has 131 valence electrons. The second-order valence-electron chi connectivity index (χ2n) is 5.32. The molecule has 1 fully saturated rings. The minimum absolute atomic E-state index is 0. The first kappa shape index (κ1) is 24.6. The Morgan fingerprint density at radius 3 is 2.09 bits per heavy atom. The number of carbonyl (C=O) groups is 3. The van der Waals surface area contributed by atoms with Crippen LogP contribution in [0, 0.1) is 19.8 Å². The first-order valence-electron chi connectivity index (χ1n) is 7.94. The van der Waals surface area contributed by atoms with E-state index in [1.165, 1.54) is 12.8 Å². The number of nitrogens with one attached hydrogen (secondary N) is 3. The van der Waals surface area contributed by atoms with Crippen LogP contribution in [-0.2, 0) is 42.3 Å². The third kappa shape index (κ3) is 9.31. The van der Waals surface area contributed by atoms with Gasteiger partial charge in [-0.25, -0.2) is 4.79 Å². The molecule has 0 aromatic rings. The van der Waals surface area contributed by atoms with E-state index in [1.54, 1.807) is 0 Å². The summed E-state index contributed by atoms with van der Waals surface area (Å²) in [6.45, 7) is 13.1. The van der Waals surface area contributed by atoms with Gasteiger partial charge >= 0.3 is 6.03 Å². The smallest absolute Gasteiger partial charge is 0.322 e. The SMILES string of the molecule is [CH2-]C(=O)NC(C(CC)CC)C1NC(=O)NC1=O.[CH2-]CCCC.[Y]. The van der Waals surface area contributed by atoms with Crippen LogP contribution in [0.1, 0.15) is 52.9 Å². The van der Waals surface area contributed by atoms with Crippen LogP contribution in [0.25, 0.3) is 0 Å². The molecule has 1 rings (SSSR count). The van der Waals surface area contributed by atoms with Gasteiger partial charge in [-0.3, -0.25) is 10.1 Å². The van der Waals surface area contributed by atoms with Crippen molar-refractivity contribution in [1.82, 2.24) is 16.0 Å². The summed E-state index contributed by atoms with van der Waals surface area (Å²) in [5.41, 5.74) is 0. The summed E-state index contributed by atoms with van der Waals surface area (Å²) in [5.74, 6) is -0.730. The van der Waals surface area contributed by atoms with E-state index in [2.05, 4.69) is 36.7 Å². The first-order valence-corrected chi connectivity index (χ1v) is 7.94. The Morgan fingerprint density at radius 2 is 1.83 bits per heavy atom. The molecule has 1 radical (unpaired) electrons. The quantitative estimate of drug-likeness (QED) is 0.451. The molecule has 2 unspecified atom stereocenters. The van der Waals surface area contributed by atoms with Crippen LogP contribution in [0.3, 0.4) is 0 Å². The van der Waals surface area contributed by atoms with E-state index in [0.717, 1.165) is 19.3 Å². The maximum atomic E-state index is 11.6. The molecule has 6 nitrogen and oxygen atoms in total. The Bertz CT molecular complexity index is 372. The Hall–Kier alpha value is -0.616. The average molecular weight is 400 g/mol. The number of imide groups is 1. The van der Waals surface area contributed by atoms with Crippen molar-refractivity contribution in [3.8, 4) is 0 Å². The second-order valence-corrected chi connectivity index (χ2v) is 5.32. The van der Waals surface area contributed by atoms with Gasteiger partial charge in [0.2, 0.25) is 0 Å². The minimum Gasteiger partial charge on any atom is -0.375 e. The van der Waals surface area contributed by atoms with E-state index >= 15 is 0 Å². The summed E-state index contributed by atoms with van der Waals surface area (Å²) in [5, 5.41) is 7.33. The third-order valence-corrected chi connectivity index (χ3v) is 3.65. The van der Waals surface area contributed by atoms with Crippen LogP contribution in [0.5, 0.6) is 0 Å². The molecule has 1 heterocycles. The predicted octanol–water partition coefficient (Wildman–Crippen LogP) is 1.96. The van der Waals surface area contributed by atoms with Gasteiger partial charge < -0.3 is 29.3 Å². The van der Waals surface area contributed by atoms with Crippen molar-refractivity contribution >= 4 is 17.8 Å². The number of amides is 4. The Balaban J connectivity index is 0. The van der Waals surface area contributed by atoms with E-state index in [-0.39, 0.29) is 38.6 Å². The number of hydrogen-bond donors (Lipinski definition) is 3. The molecule has 2 atom stereocenters. The number of hydrogen-bond acceptors (Lipinski definition) is 3. The molecule has 1 aliphatic rings. The fourth-order valence-corrected chi connectivity index (χ4v) is 2.39. The van der Waals surface area contributed by atoms with E-state index in [1.807, 2.05) is 13.8 Å². The van der Waals surface area contributed by atoms with Crippen molar-refractivity contribution < 1.29 is 47.1 Å². The van der Waals surface area contributed by atoms with Gasteiger partial charge in [-0.1, -0.05) is 46.5 Å². The van der Waals surface area contributed by atoms with Gasteiger partial charge in [-0.15, -0.1) is 0 Å². The average Bonchev–Trinajstić information content (AvgIpc) is 2.79. The molecule has 1 aliphatic heterocycles. The van der Waals surface area contributed by atoms with Gasteiger partial charge in [0.1, 0.15) is 6.04 Å². The summed E-state index contributed by atoms with van der Waals surface area (Å²) in [4.78, 5) is 33.7. The number of unbranched alkanes of at least 4 members (excludes halogenated alkanes) is 2. The fraction of sp³-hybridized carbons (Fsp3) is 0.688. The van der Waals surface area contributed by atoms with Crippen molar-refractivity contribution in [3.05, 3.63) is 13.8 Å². The molecule has 7 heteroatoms. The van der Waals surface area contributed by atoms with Crippen molar-refractivity contribution in [3.63, 3.8) is 0 Å². The van der Waals surface area contributed by atoms with Crippen LogP contribution in [0.2, 0.25) is 0 Å². The molecule has 0 aliphatic carbocycles. The monoisotopic (exact) mass is 400 g/mol. The molecular formula is C16H29N3O3Y-2. The van der Waals surface area contributed by atoms with Crippen LogP contribution in [0.15, 0.2) is 0 Å². The minimum atomic E-state index is -0.710. The second kappa shape index (κ2) is 13.8. The Labute approximate surface area is 165 Å². The van der Waals surface area contributed by atoms with E-state index < -0.39 is 29.9 Å². The molecular weight excluding hydrogens is 371 g/mol. The Morgan fingerprint density at radius 1 is 1.26 bits per heavy atom. The van der Waals surface area contributed by atoms with Crippen molar-refractivity contribution in [2.45, 2.75) is 65.0 Å². The topological polar surface area (TPSA) is 87.3 Å². The molecule has 0 saturated carbocycles. The molecule has 23 heavy (non-hydrogen) atoms. The van der Waals surface area contributed by atoms with Gasteiger partial charge in [-0.05, 0) is 5.92 Å². The number of urea groups is 1. The number of carbonyl (C=O) groups excluding carboxylic acids is 3. The standard InChI is InChI=1S/C11H18N3O3.C5H11.Y/c1-4-7(5-2)8(12-6(3)15)9-10(16)14-11(17)13-9;1-3-5-4-2;/h7-9H,3-5H2,1-2H3,(H,12,15)(H2,13,14,16,17);1,3-5H2,2H3;/q2*-1;. The van der Waals surface area contributed by atoms with Gasteiger partial charge in [0.25, 0.3) is 5.91 Å². The zero-order valence-corrected chi connectivity index (χ0v) is 17.3. The van der Waals surface area contributed by atoms with Crippen molar-refractivity contribution in [2.75, 3.05) is 0 Å². The summed E-state index contributed by atoms with van der Waals surface area (Å²) in [7, 11) is 0. The van der Waals surface area contributed by atoms with Crippen LogP contribution < -0.4 is 16.0 Å². The molecule has 1 saturated heterocycles. The zero-order valence-electron chi connectivity index (χ0n) is 14.5. The van der Waals surface area contributed by atoms with Gasteiger partial charge in [0, 0.05) is 32.7 Å². The summed E-state index contributed by atoms with van der Waals surface area (Å²) in [6, 6.07) is -1.64. The van der Waals surface area contributed by atoms with Crippen LogP contribution in [-0.4, -0.2) is 29.9 Å². The maximum Gasteiger partial charge on any atom is 0.322 e. The van der Waals surface area contributed by atoms with Gasteiger partial charge in [0.05, 0.1) is 11.9 Å². The largest absolute Gasteiger partial charge is 0.375 e. The first-order chi connectivity index (χ1) is 10.4. The molecule has 3 N–H and O–H groups in total. The predicted molar refractivity (Wildman–Crippen MR) is 86.7 cm³/mol. The van der Waals surface area contributed by atoms with E-state index in [4.69, 9.17) is 0 Å². The summed E-state index contributed by atoms with van der Waals surface area (Å²) >= 11 is 0. The van der Waals surface area contributed by atoms with Gasteiger partial charge in [-0.2, -0.15) is 6.42 Å². The summed E-state index contributed by atoms with van der Waals surface area (Å²) < 4.78 is 0. The van der Waals surface area contributed by atoms with E-state index in [0.29, 0.717) is 0 Å². The fourth-order valence-electron chi connectivity index (χ4n) is 2.39. The normalized spacial score (nSPS) is 17.3. The van der Waals surface area contributed by atoms with E-state index in [9.17, 15) is 14.4 Å². The molecule has 0 aromatic heterocycles. The molecule has 4 amide bonds. The number of rotatable bonds is 7.